The van der Waals surface area contributed by atoms with Gasteiger partial charge in [-0.15, -0.1) is 22.7 Å². The monoisotopic (exact) mass is 309 g/mol. The van der Waals surface area contributed by atoms with E-state index in [1.165, 1.54) is 0 Å². The van der Waals surface area contributed by atoms with Gasteiger partial charge in [0.15, 0.2) is 0 Å². The lowest BCUT2D eigenvalue weighted by molar-refractivity contribution is 0.554. The van der Waals surface area contributed by atoms with Crippen molar-refractivity contribution in [2.75, 3.05) is 6.54 Å². The molecule has 0 aliphatic rings. The highest BCUT2D eigenvalue weighted by molar-refractivity contribution is 7.10. The van der Waals surface area contributed by atoms with Gasteiger partial charge in [0.25, 0.3) is 0 Å². The number of hydrogen-bond acceptors (Lipinski definition) is 5. The fourth-order valence-corrected chi connectivity index (χ4v) is 3.65. The van der Waals surface area contributed by atoms with Crippen molar-refractivity contribution in [3.63, 3.8) is 0 Å². The van der Waals surface area contributed by atoms with Crippen LogP contribution in [-0.2, 0) is 5.41 Å². The number of thiazole rings is 2. The molecule has 0 saturated carbocycles. The van der Waals surface area contributed by atoms with Gasteiger partial charge in [-0.05, 0) is 19.9 Å². The molecule has 1 N–H and O–H groups in total. The van der Waals surface area contributed by atoms with Gasteiger partial charge in [-0.3, -0.25) is 0 Å². The molecule has 0 saturated heterocycles. The molecule has 2 aromatic heterocycles. The maximum atomic E-state index is 4.84. The van der Waals surface area contributed by atoms with Crippen LogP contribution < -0.4 is 5.32 Å². The first kappa shape index (κ1) is 15.6. The number of aromatic nitrogens is 2. The molecule has 2 rings (SSSR count). The van der Waals surface area contributed by atoms with Gasteiger partial charge >= 0.3 is 0 Å². The highest BCUT2D eigenvalue weighted by Crippen LogP contribution is 2.30. The Bertz CT molecular complexity index is 551. The SMILES string of the molecule is CCCNC(c1csc(C)n1)c1nc(C(C)(C)C)cs1. The van der Waals surface area contributed by atoms with Gasteiger partial charge in [-0.2, -0.15) is 0 Å². The Morgan fingerprint density at radius 1 is 1.20 bits per heavy atom. The molecule has 0 radical (unpaired) electrons. The first-order valence-electron chi connectivity index (χ1n) is 7.03. The molecule has 0 aliphatic carbocycles. The Labute approximate surface area is 129 Å². The lowest BCUT2D eigenvalue weighted by Gasteiger charge is -2.16. The summed E-state index contributed by atoms with van der Waals surface area (Å²) >= 11 is 3.43. The zero-order valence-electron chi connectivity index (χ0n) is 12.9. The Hall–Kier alpha value is -0.780. The largest absolute Gasteiger partial charge is 0.303 e. The van der Waals surface area contributed by atoms with Crippen LogP contribution in [0.2, 0.25) is 0 Å². The molecule has 0 aromatic carbocycles. The van der Waals surface area contributed by atoms with Gasteiger partial charge in [-0.1, -0.05) is 27.7 Å². The fraction of sp³-hybridized carbons (Fsp3) is 0.600. The van der Waals surface area contributed by atoms with E-state index in [2.05, 4.69) is 48.8 Å². The molecule has 2 aromatic rings. The molecule has 0 spiro atoms. The topological polar surface area (TPSA) is 37.8 Å². The third kappa shape index (κ3) is 3.65. The van der Waals surface area contributed by atoms with Crippen molar-refractivity contribution in [1.29, 1.82) is 0 Å². The van der Waals surface area contributed by atoms with Crippen LogP contribution >= 0.6 is 22.7 Å². The molecule has 0 amide bonds. The first-order chi connectivity index (χ1) is 9.41. The predicted molar refractivity (Wildman–Crippen MR) is 87.8 cm³/mol. The molecule has 1 atom stereocenters. The molecule has 0 bridgehead atoms. The zero-order valence-corrected chi connectivity index (χ0v) is 14.5. The summed E-state index contributed by atoms with van der Waals surface area (Å²) in [7, 11) is 0. The summed E-state index contributed by atoms with van der Waals surface area (Å²) in [5, 5.41) is 10.1. The number of hydrogen-bond donors (Lipinski definition) is 1. The van der Waals surface area contributed by atoms with Crippen molar-refractivity contribution in [2.45, 2.75) is 52.5 Å². The van der Waals surface area contributed by atoms with E-state index in [0.29, 0.717) is 0 Å². The summed E-state index contributed by atoms with van der Waals surface area (Å²) in [5.74, 6) is 0. The molecular weight excluding hydrogens is 286 g/mol. The van der Waals surface area contributed by atoms with Crippen LogP contribution in [0.15, 0.2) is 10.8 Å². The number of nitrogens with one attached hydrogen (secondary N) is 1. The lowest BCUT2D eigenvalue weighted by Crippen LogP contribution is -2.24. The summed E-state index contributed by atoms with van der Waals surface area (Å²) in [5.41, 5.74) is 2.35. The predicted octanol–water partition coefficient (Wildman–Crippen LogP) is 4.29. The van der Waals surface area contributed by atoms with Gasteiger partial charge < -0.3 is 5.32 Å². The summed E-state index contributed by atoms with van der Waals surface area (Å²) in [4.78, 5) is 9.48. The maximum absolute atomic E-state index is 4.84. The average Bonchev–Trinajstić information content (AvgIpc) is 2.99. The van der Waals surface area contributed by atoms with Crippen molar-refractivity contribution < 1.29 is 0 Å². The number of nitrogens with zero attached hydrogens (tertiary/aromatic N) is 2. The summed E-state index contributed by atoms with van der Waals surface area (Å²) in [6, 6.07) is 0.126. The van der Waals surface area contributed by atoms with Crippen molar-refractivity contribution in [3.05, 3.63) is 32.2 Å². The van der Waals surface area contributed by atoms with Crippen LogP contribution in [0.4, 0.5) is 0 Å². The van der Waals surface area contributed by atoms with E-state index in [9.17, 15) is 0 Å². The van der Waals surface area contributed by atoms with Gasteiger partial charge in [0, 0.05) is 16.2 Å². The van der Waals surface area contributed by atoms with E-state index < -0.39 is 0 Å². The van der Waals surface area contributed by atoms with Gasteiger partial charge in [0.1, 0.15) is 11.0 Å². The molecule has 20 heavy (non-hydrogen) atoms. The van der Waals surface area contributed by atoms with E-state index in [1.807, 2.05) is 6.92 Å². The standard InChI is InChI=1S/C15H23N3S2/c1-6-7-16-13(11-8-19-10(2)17-11)14-18-12(9-20-14)15(3,4)5/h8-9,13,16H,6-7H2,1-5H3. The summed E-state index contributed by atoms with van der Waals surface area (Å²) in [6.07, 6.45) is 1.11. The van der Waals surface area contributed by atoms with E-state index in [-0.39, 0.29) is 11.5 Å². The summed E-state index contributed by atoms with van der Waals surface area (Å²) < 4.78 is 0. The second-order valence-electron chi connectivity index (χ2n) is 6.00. The average molecular weight is 310 g/mol. The maximum Gasteiger partial charge on any atom is 0.116 e. The van der Waals surface area contributed by atoms with E-state index in [0.717, 1.165) is 34.4 Å². The van der Waals surface area contributed by atoms with Crippen molar-refractivity contribution in [1.82, 2.24) is 15.3 Å². The fourth-order valence-electron chi connectivity index (χ4n) is 1.88. The van der Waals surface area contributed by atoms with Crippen LogP contribution in [0, 0.1) is 6.92 Å². The molecular formula is C15H23N3S2. The smallest absolute Gasteiger partial charge is 0.116 e. The van der Waals surface area contributed by atoms with E-state index in [1.54, 1.807) is 22.7 Å². The van der Waals surface area contributed by atoms with Gasteiger partial charge in [-0.25, -0.2) is 9.97 Å². The Morgan fingerprint density at radius 3 is 2.45 bits per heavy atom. The minimum absolute atomic E-state index is 0.0993. The van der Waals surface area contributed by atoms with E-state index >= 15 is 0 Å². The first-order valence-corrected chi connectivity index (χ1v) is 8.79. The third-order valence-electron chi connectivity index (χ3n) is 3.07. The number of aryl methyl sites for hydroxylation is 1. The van der Waals surface area contributed by atoms with Gasteiger partial charge in [0.05, 0.1) is 16.4 Å². The highest BCUT2D eigenvalue weighted by Gasteiger charge is 2.23. The Kier molecular flexibility index (Phi) is 4.94. The van der Waals surface area contributed by atoms with Crippen LogP contribution in [0.1, 0.15) is 61.6 Å². The van der Waals surface area contributed by atoms with Crippen LogP contribution in [-0.4, -0.2) is 16.5 Å². The molecule has 1 unspecified atom stereocenters. The molecule has 5 heteroatoms. The van der Waals surface area contributed by atoms with Crippen molar-refractivity contribution >= 4 is 22.7 Å². The molecule has 0 aliphatic heterocycles. The second kappa shape index (κ2) is 6.33. The van der Waals surface area contributed by atoms with Crippen LogP contribution in [0.3, 0.4) is 0 Å². The molecule has 2 heterocycles. The quantitative estimate of drug-likeness (QED) is 0.895. The third-order valence-corrected chi connectivity index (χ3v) is 4.77. The molecule has 110 valence electrons. The minimum atomic E-state index is 0.0993. The van der Waals surface area contributed by atoms with Crippen LogP contribution in [0.25, 0.3) is 0 Å². The van der Waals surface area contributed by atoms with Crippen molar-refractivity contribution in [3.8, 4) is 0 Å². The molecule has 0 fully saturated rings. The van der Waals surface area contributed by atoms with E-state index in [4.69, 9.17) is 4.98 Å². The lowest BCUT2D eigenvalue weighted by atomic mass is 9.93. The normalized spacial score (nSPS) is 13.7. The second-order valence-corrected chi connectivity index (χ2v) is 7.95. The minimum Gasteiger partial charge on any atom is -0.303 e. The Morgan fingerprint density at radius 2 is 1.95 bits per heavy atom. The van der Waals surface area contributed by atoms with Crippen molar-refractivity contribution in [2.24, 2.45) is 0 Å². The van der Waals surface area contributed by atoms with Gasteiger partial charge in [0.2, 0.25) is 0 Å². The van der Waals surface area contributed by atoms with Crippen LogP contribution in [0.5, 0.6) is 0 Å². The highest BCUT2D eigenvalue weighted by atomic mass is 32.1. The number of rotatable bonds is 5. The molecule has 3 nitrogen and oxygen atoms in total. The zero-order chi connectivity index (χ0) is 14.8. The Balaban J connectivity index is 2.29. The summed E-state index contributed by atoms with van der Waals surface area (Å²) in [6.45, 7) is 11.8.